The first kappa shape index (κ1) is 13.0. The number of rotatable bonds is 3. The van der Waals surface area contributed by atoms with Crippen molar-refractivity contribution in [2.45, 2.75) is 6.92 Å². The normalized spacial score (nSPS) is 10.3. The van der Waals surface area contributed by atoms with Crippen molar-refractivity contribution >= 4 is 11.9 Å². The van der Waals surface area contributed by atoms with Crippen LogP contribution >= 0.6 is 0 Å². The van der Waals surface area contributed by atoms with Gasteiger partial charge in [-0.15, -0.1) is 0 Å². The van der Waals surface area contributed by atoms with Gasteiger partial charge in [-0.1, -0.05) is 29.8 Å². The molecule has 2 rings (SSSR count). The van der Waals surface area contributed by atoms with Gasteiger partial charge in [0.05, 0.1) is 5.69 Å². The molecule has 1 aromatic carbocycles. The Labute approximate surface area is 111 Å². The second-order valence-electron chi connectivity index (χ2n) is 4.50. The van der Waals surface area contributed by atoms with Gasteiger partial charge in [0.15, 0.2) is 5.69 Å². The van der Waals surface area contributed by atoms with Crippen LogP contribution in [-0.2, 0) is 0 Å². The van der Waals surface area contributed by atoms with E-state index >= 15 is 0 Å². The average Bonchev–Trinajstić information content (AvgIpc) is 2.39. The van der Waals surface area contributed by atoms with E-state index in [1.54, 1.807) is 19.0 Å². The molecule has 0 spiro atoms. The van der Waals surface area contributed by atoms with Crippen molar-refractivity contribution in [3.63, 3.8) is 0 Å². The number of aromatic nitrogens is 2. The monoisotopic (exact) mass is 257 g/mol. The molecule has 1 N–H and O–H groups in total. The van der Waals surface area contributed by atoms with Crippen LogP contribution in [0.1, 0.15) is 16.1 Å². The van der Waals surface area contributed by atoms with Crippen molar-refractivity contribution in [3.05, 3.63) is 41.6 Å². The molecule has 0 aliphatic heterocycles. The molecule has 2 aromatic rings. The number of carbonyl (C=O) groups is 1. The van der Waals surface area contributed by atoms with E-state index in [-0.39, 0.29) is 5.69 Å². The maximum Gasteiger partial charge on any atom is 0.354 e. The van der Waals surface area contributed by atoms with Crippen LogP contribution in [0.3, 0.4) is 0 Å². The lowest BCUT2D eigenvalue weighted by Gasteiger charge is -2.12. The molecule has 0 atom stereocenters. The largest absolute Gasteiger partial charge is 0.477 e. The standard InChI is InChI=1S/C14H15N3O2/c1-9-4-6-10(7-5-9)11-8-12(13(18)19)16-14(15-11)17(2)3/h4-8H,1-3H3,(H,18,19). The van der Waals surface area contributed by atoms with Crippen LogP contribution in [-0.4, -0.2) is 35.1 Å². The summed E-state index contributed by atoms with van der Waals surface area (Å²) in [6.45, 7) is 2.00. The summed E-state index contributed by atoms with van der Waals surface area (Å²) in [7, 11) is 3.56. The van der Waals surface area contributed by atoms with Gasteiger partial charge >= 0.3 is 5.97 Å². The fourth-order valence-electron chi connectivity index (χ4n) is 1.62. The van der Waals surface area contributed by atoms with Crippen molar-refractivity contribution in [1.82, 2.24) is 9.97 Å². The van der Waals surface area contributed by atoms with Gasteiger partial charge in [0.1, 0.15) is 0 Å². The van der Waals surface area contributed by atoms with Gasteiger partial charge in [0, 0.05) is 19.7 Å². The first-order chi connectivity index (χ1) is 8.97. The smallest absolute Gasteiger partial charge is 0.354 e. The summed E-state index contributed by atoms with van der Waals surface area (Å²) in [5.74, 6) is -0.672. The number of anilines is 1. The molecule has 0 saturated heterocycles. The molecule has 5 heteroatoms. The van der Waals surface area contributed by atoms with E-state index in [9.17, 15) is 4.79 Å². The molecule has 1 aromatic heterocycles. The Morgan fingerprint density at radius 3 is 2.32 bits per heavy atom. The minimum atomic E-state index is -1.06. The Morgan fingerprint density at radius 2 is 1.79 bits per heavy atom. The van der Waals surface area contributed by atoms with E-state index in [2.05, 4.69) is 9.97 Å². The van der Waals surface area contributed by atoms with Gasteiger partial charge in [-0.25, -0.2) is 14.8 Å². The fourth-order valence-corrected chi connectivity index (χ4v) is 1.62. The molecule has 0 aliphatic rings. The van der Waals surface area contributed by atoms with Crippen LogP contribution in [0, 0.1) is 6.92 Å². The van der Waals surface area contributed by atoms with Crippen molar-refractivity contribution in [3.8, 4) is 11.3 Å². The third-order valence-corrected chi connectivity index (χ3v) is 2.68. The van der Waals surface area contributed by atoms with Crippen molar-refractivity contribution in [1.29, 1.82) is 0 Å². The number of hydrogen-bond donors (Lipinski definition) is 1. The third kappa shape index (κ3) is 2.88. The second kappa shape index (κ2) is 5.06. The van der Waals surface area contributed by atoms with Gasteiger partial charge in [-0.2, -0.15) is 0 Å². The van der Waals surface area contributed by atoms with Crippen LogP contribution in [0.25, 0.3) is 11.3 Å². The molecule has 0 bridgehead atoms. The maximum atomic E-state index is 11.1. The van der Waals surface area contributed by atoms with Gasteiger partial charge in [-0.3, -0.25) is 0 Å². The Bertz CT molecular complexity index is 607. The fraction of sp³-hybridized carbons (Fsp3) is 0.214. The average molecular weight is 257 g/mol. The molecule has 5 nitrogen and oxygen atoms in total. The van der Waals surface area contributed by atoms with Crippen LogP contribution < -0.4 is 4.90 Å². The van der Waals surface area contributed by atoms with E-state index in [1.165, 1.54) is 6.07 Å². The number of carboxylic acids is 1. The van der Waals surface area contributed by atoms with E-state index in [4.69, 9.17) is 5.11 Å². The summed E-state index contributed by atoms with van der Waals surface area (Å²) >= 11 is 0. The Morgan fingerprint density at radius 1 is 1.16 bits per heavy atom. The summed E-state index contributed by atoms with van der Waals surface area (Å²) in [6, 6.07) is 9.26. The minimum absolute atomic E-state index is 0.00530. The molecule has 1 heterocycles. The van der Waals surface area contributed by atoms with Crippen molar-refractivity contribution in [2.75, 3.05) is 19.0 Å². The zero-order valence-corrected chi connectivity index (χ0v) is 11.1. The van der Waals surface area contributed by atoms with E-state index in [0.29, 0.717) is 11.6 Å². The Hall–Kier alpha value is -2.43. The topological polar surface area (TPSA) is 66.3 Å². The van der Waals surface area contributed by atoms with Gasteiger partial charge in [-0.05, 0) is 13.0 Å². The molecule has 19 heavy (non-hydrogen) atoms. The molecular weight excluding hydrogens is 242 g/mol. The Balaban J connectivity index is 2.55. The molecule has 0 amide bonds. The second-order valence-corrected chi connectivity index (χ2v) is 4.50. The van der Waals surface area contributed by atoms with E-state index < -0.39 is 5.97 Å². The first-order valence-corrected chi connectivity index (χ1v) is 5.84. The predicted octanol–water partition coefficient (Wildman–Crippen LogP) is 2.22. The third-order valence-electron chi connectivity index (χ3n) is 2.68. The van der Waals surface area contributed by atoms with Gasteiger partial charge < -0.3 is 10.0 Å². The van der Waals surface area contributed by atoms with Crippen LogP contribution in [0.15, 0.2) is 30.3 Å². The lowest BCUT2D eigenvalue weighted by Crippen LogP contribution is -2.15. The number of carboxylic acid groups (broad SMARTS) is 1. The molecule has 0 fully saturated rings. The quantitative estimate of drug-likeness (QED) is 0.913. The lowest BCUT2D eigenvalue weighted by atomic mass is 10.1. The zero-order chi connectivity index (χ0) is 14.0. The number of aromatic carboxylic acids is 1. The predicted molar refractivity (Wildman–Crippen MR) is 73.5 cm³/mol. The van der Waals surface area contributed by atoms with Gasteiger partial charge in [0.25, 0.3) is 0 Å². The van der Waals surface area contributed by atoms with Gasteiger partial charge in [0.2, 0.25) is 5.95 Å². The summed E-state index contributed by atoms with van der Waals surface area (Å²) < 4.78 is 0. The van der Waals surface area contributed by atoms with Crippen LogP contribution in [0.5, 0.6) is 0 Å². The molecule has 0 aliphatic carbocycles. The molecule has 0 radical (unpaired) electrons. The summed E-state index contributed by atoms with van der Waals surface area (Å²) in [5.41, 5.74) is 2.62. The lowest BCUT2D eigenvalue weighted by molar-refractivity contribution is 0.0690. The van der Waals surface area contributed by atoms with Crippen LogP contribution in [0.2, 0.25) is 0 Å². The molecule has 98 valence electrons. The highest BCUT2D eigenvalue weighted by Crippen LogP contribution is 2.20. The SMILES string of the molecule is Cc1ccc(-c2cc(C(=O)O)nc(N(C)C)n2)cc1. The summed E-state index contributed by atoms with van der Waals surface area (Å²) in [6.07, 6.45) is 0. The highest BCUT2D eigenvalue weighted by molar-refractivity contribution is 5.87. The maximum absolute atomic E-state index is 11.1. The number of nitrogens with zero attached hydrogens (tertiary/aromatic N) is 3. The minimum Gasteiger partial charge on any atom is -0.477 e. The highest BCUT2D eigenvalue weighted by Gasteiger charge is 2.12. The molecular formula is C14H15N3O2. The molecule has 0 unspecified atom stereocenters. The van der Waals surface area contributed by atoms with E-state index in [0.717, 1.165) is 11.1 Å². The molecule has 0 saturated carbocycles. The number of aryl methyl sites for hydroxylation is 1. The first-order valence-electron chi connectivity index (χ1n) is 5.84. The van der Waals surface area contributed by atoms with Crippen LogP contribution in [0.4, 0.5) is 5.95 Å². The number of benzene rings is 1. The number of hydrogen-bond acceptors (Lipinski definition) is 4. The Kier molecular flexibility index (Phi) is 3.46. The van der Waals surface area contributed by atoms with Crippen molar-refractivity contribution in [2.24, 2.45) is 0 Å². The summed E-state index contributed by atoms with van der Waals surface area (Å²) in [5, 5.41) is 9.10. The van der Waals surface area contributed by atoms with Crippen molar-refractivity contribution < 1.29 is 9.90 Å². The van der Waals surface area contributed by atoms with E-state index in [1.807, 2.05) is 31.2 Å². The zero-order valence-electron chi connectivity index (χ0n) is 11.1. The summed E-state index contributed by atoms with van der Waals surface area (Å²) in [4.78, 5) is 21.1. The highest BCUT2D eigenvalue weighted by atomic mass is 16.4.